The molecule has 1 heterocycles. The highest BCUT2D eigenvalue weighted by Crippen LogP contribution is 2.29. The predicted molar refractivity (Wildman–Crippen MR) is 65.3 cm³/mol. The van der Waals surface area contributed by atoms with E-state index in [0.717, 1.165) is 0 Å². The highest BCUT2D eigenvalue weighted by atomic mass is 35.5. The first-order valence-electron chi connectivity index (χ1n) is 4.70. The normalized spacial score (nSPS) is 10.2. The standard InChI is InChI=1S/C11H8ClNO3S/c1-6-9(10(14)15)13-11(17-6)16-8-4-2-7(12)3-5-8/h2-5H,1H3,(H,14,15). The molecule has 0 saturated carbocycles. The van der Waals surface area contributed by atoms with Crippen molar-refractivity contribution in [3.8, 4) is 10.9 Å². The quantitative estimate of drug-likeness (QED) is 0.925. The Morgan fingerprint density at radius 3 is 2.59 bits per heavy atom. The van der Waals surface area contributed by atoms with Crippen LogP contribution in [-0.2, 0) is 0 Å². The van der Waals surface area contributed by atoms with E-state index in [9.17, 15) is 4.79 Å². The van der Waals surface area contributed by atoms with Gasteiger partial charge in [0, 0.05) is 9.90 Å². The molecule has 0 spiro atoms. The molecule has 0 atom stereocenters. The zero-order chi connectivity index (χ0) is 12.4. The number of aryl methyl sites for hydroxylation is 1. The Morgan fingerprint density at radius 2 is 2.06 bits per heavy atom. The maximum atomic E-state index is 10.8. The molecule has 0 aliphatic heterocycles. The molecule has 0 aliphatic carbocycles. The maximum absolute atomic E-state index is 10.8. The van der Waals surface area contributed by atoms with Crippen LogP contribution in [0, 0.1) is 6.92 Å². The summed E-state index contributed by atoms with van der Waals surface area (Å²) in [6.45, 7) is 1.69. The Kier molecular flexibility index (Phi) is 3.31. The van der Waals surface area contributed by atoms with Gasteiger partial charge in [0.1, 0.15) is 5.75 Å². The topological polar surface area (TPSA) is 59.4 Å². The third-order valence-electron chi connectivity index (χ3n) is 2.00. The first-order valence-corrected chi connectivity index (χ1v) is 5.90. The number of hydrogen-bond donors (Lipinski definition) is 1. The van der Waals surface area contributed by atoms with E-state index in [1.807, 2.05) is 0 Å². The Labute approximate surface area is 106 Å². The van der Waals surface area contributed by atoms with Crippen molar-refractivity contribution in [2.75, 3.05) is 0 Å². The molecule has 0 unspecified atom stereocenters. The van der Waals surface area contributed by atoms with Crippen molar-refractivity contribution < 1.29 is 14.6 Å². The van der Waals surface area contributed by atoms with Crippen LogP contribution >= 0.6 is 22.9 Å². The number of halogens is 1. The predicted octanol–water partition coefficient (Wildman–Crippen LogP) is 3.60. The highest BCUT2D eigenvalue weighted by Gasteiger charge is 2.15. The molecule has 0 fully saturated rings. The second-order valence-corrected chi connectivity index (χ2v) is 4.85. The summed E-state index contributed by atoms with van der Waals surface area (Å²) < 4.78 is 5.43. The van der Waals surface area contributed by atoms with Gasteiger partial charge in [0.2, 0.25) is 0 Å². The molecule has 0 aliphatic rings. The van der Waals surface area contributed by atoms with Gasteiger partial charge >= 0.3 is 5.97 Å². The molecule has 88 valence electrons. The lowest BCUT2D eigenvalue weighted by Gasteiger charge is -2.00. The lowest BCUT2D eigenvalue weighted by Crippen LogP contribution is -1.98. The van der Waals surface area contributed by atoms with Crippen molar-refractivity contribution in [1.29, 1.82) is 0 Å². The summed E-state index contributed by atoms with van der Waals surface area (Å²) >= 11 is 6.93. The van der Waals surface area contributed by atoms with E-state index in [4.69, 9.17) is 21.4 Å². The van der Waals surface area contributed by atoms with Crippen molar-refractivity contribution in [2.24, 2.45) is 0 Å². The molecular weight excluding hydrogens is 262 g/mol. The fourth-order valence-corrected chi connectivity index (χ4v) is 2.11. The van der Waals surface area contributed by atoms with Crippen LogP contribution in [0.2, 0.25) is 5.02 Å². The number of nitrogens with zero attached hydrogens (tertiary/aromatic N) is 1. The molecule has 6 heteroatoms. The summed E-state index contributed by atoms with van der Waals surface area (Å²) in [5.41, 5.74) is 0.0268. The Balaban J connectivity index is 2.22. The molecule has 17 heavy (non-hydrogen) atoms. The number of aromatic nitrogens is 1. The highest BCUT2D eigenvalue weighted by molar-refractivity contribution is 7.13. The first kappa shape index (κ1) is 11.9. The minimum Gasteiger partial charge on any atom is -0.476 e. The minimum atomic E-state index is -1.05. The summed E-state index contributed by atoms with van der Waals surface area (Å²) in [5.74, 6) is -0.482. The van der Waals surface area contributed by atoms with E-state index < -0.39 is 5.97 Å². The Hall–Kier alpha value is -1.59. The molecular formula is C11H8ClNO3S. The van der Waals surface area contributed by atoms with Crippen LogP contribution < -0.4 is 4.74 Å². The van der Waals surface area contributed by atoms with Gasteiger partial charge in [-0.05, 0) is 31.2 Å². The zero-order valence-corrected chi connectivity index (χ0v) is 10.4. The third-order valence-corrected chi connectivity index (χ3v) is 3.10. The molecule has 0 radical (unpaired) electrons. The first-order chi connectivity index (χ1) is 8.06. The SMILES string of the molecule is Cc1sc(Oc2ccc(Cl)cc2)nc1C(=O)O. The van der Waals surface area contributed by atoms with E-state index >= 15 is 0 Å². The second-order valence-electron chi connectivity index (χ2n) is 3.25. The van der Waals surface area contributed by atoms with E-state index in [-0.39, 0.29) is 5.69 Å². The van der Waals surface area contributed by atoms with Crippen LogP contribution in [0.25, 0.3) is 0 Å². The van der Waals surface area contributed by atoms with Crippen LogP contribution in [0.4, 0.5) is 0 Å². The number of hydrogen-bond acceptors (Lipinski definition) is 4. The number of benzene rings is 1. The molecule has 2 aromatic rings. The van der Waals surface area contributed by atoms with Gasteiger partial charge in [-0.1, -0.05) is 22.9 Å². The third kappa shape index (κ3) is 2.75. The van der Waals surface area contributed by atoms with E-state index in [0.29, 0.717) is 20.8 Å². The summed E-state index contributed by atoms with van der Waals surface area (Å²) in [4.78, 5) is 15.3. The summed E-state index contributed by atoms with van der Waals surface area (Å²) in [7, 11) is 0. The van der Waals surface area contributed by atoms with Crippen molar-refractivity contribution in [2.45, 2.75) is 6.92 Å². The van der Waals surface area contributed by atoms with Gasteiger partial charge in [0.25, 0.3) is 5.19 Å². The number of thiazole rings is 1. The number of carbonyl (C=O) groups is 1. The van der Waals surface area contributed by atoms with Gasteiger partial charge in [0.15, 0.2) is 5.69 Å². The number of rotatable bonds is 3. The Bertz CT molecular complexity index is 550. The molecule has 1 aromatic carbocycles. The summed E-state index contributed by atoms with van der Waals surface area (Å²) in [5, 5.41) is 9.77. The Morgan fingerprint density at radius 1 is 1.41 bits per heavy atom. The van der Waals surface area contributed by atoms with Crippen molar-refractivity contribution >= 4 is 28.9 Å². The summed E-state index contributed by atoms with van der Waals surface area (Å²) in [6, 6.07) is 6.77. The maximum Gasteiger partial charge on any atom is 0.355 e. The lowest BCUT2D eigenvalue weighted by atomic mass is 10.3. The molecule has 0 saturated heterocycles. The van der Waals surface area contributed by atoms with Gasteiger partial charge in [0.05, 0.1) is 0 Å². The van der Waals surface area contributed by atoms with Gasteiger partial charge in [-0.3, -0.25) is 0 Å². The van der Waals surface area contributed by atoms with Crippen LogP contribution in [0.3, 0.4) is 0 Å². The van der Waals surface area contributed by atoms with Gasteiger partial charge in [-0.2, -0.15) is 4.98 Å². The monoisotopic (exact) mass is 269 g/mol. The van der Waals surface area contributed by atoms with E-state index in [1.165, 1.54) is 11.3 Å². The van der Waals surface area contributed by atoms with Crippen molar-refractivity contribution in [3.05, 3.63) is 39.9 Å². The lowest BCUT2D eigenvalue weighted by molar-refractivity contribution is 0.0690. The molecule has 4 nitrogen and oxygen atoms in total. The van der Waals surface area contributed by atoms with E-state index in [1.54, 1.807) is 31.2 Å². The van der Waals surface area contributed by atoms with Crippen LogP contribution in [0.5, 0.6) is 10.9 Å². The van der Waals surface area contributed by atoms with Gasteiger partial charge in [-0.15, -0.1) is 0 Å². The number of aromatic carboxylic acids is 1. The fraction of sp³-hybridized carbons (Fsp3) is 0.0909. The van der Waals surface area contributed by atoms with Gasteiger partial charge in [-0.25, -0.2) is 4.79 Å². The molecule has 2 rings (SSSR count). The molecule has 1 aromatic heterocycles. The van der Waals surface area contributed by atoms with Crippen LogP contribution in [-0.4, -0.2) is 16.1 Å². The zero-order valence-electron chi connectivity index (χ0n) is 8.81. The minimum absolute atomic E-state index is 0.0268. The molecule has 0 amide bonds. The number of ether oxygens (including phenoxy) is 1. The van der Waals surface area contributed by atoms with Crippen molar-refractivity contribution in [1.82, 2.24) is 4.98 Å². The van der Waals surface area contributed by atoms with Gasteiger partial charge < -0.3 is 9.84 Å². The smallest absolute Gasteiger partial charge is 0.355 e. The van der Waals surface area contributed by atoms with Crippen LogP contribution in [0.15, 0.2) is 24.3 Å². The average molecular weight is 270 g/mol. The fourth-order valence-electron chi connectivity index (χ4n) is 1.22. The van der Waals surface area contributed by atoms with Crippen LogP contribution in [0.1, 0.15) is 15.4 Å². The second kappa shape index (κ2) is 4.73. The largest absolute Gasteiger partial charge is 0.476 e. The number of carboxylic acid groups (broad SMARTS) is 1. The number of carboxylic acids is 1. The van der Waals surface area contributed by atoms with E-state index in [2.05, 4.69) is 4.98 Å². The molecule has 0 bridgehead atoms. The average Bonchev–Trinajstić information content (AvgIpc) is 2.63. The van der Waals surface area contributed by atoms with Crippen molar-refractivity contribution in [3.63, 3.8) is 0 Å². The molecule has 1 N–H and O–H groups in total. The summed E-state index contributed by atoms with van der Waals surface area (Å²) in [6.07, 6.45) is 0.